The second-order valence-electron chi connectivity index (χ2n) is 38.7. The standard InChI is InChI=1S/3C33H36Si.C32H34Si/c1-4-14-25-23-27(16-6-3)33-30(24-25)32-26(15-5-2)17-13-22-31(32)34(33,28-18-9-7-10-19-28)29-20-11-8-12-21-29;1-4-13-25-20-21-32-30(23-25)31-24-26(14-5-2)22-27(15-6-3)33(31)34(32,28-16-9-7-10-17-28)29-18-11-8-12-19-29;1-4-12-25-19-21-32-29(23-25)30-24-26(13-5-2)20-22-33(30)34(32,28-16-8-7-9-17-28)31-18-11-10-15-27(31)14-6-3;1-4-12-24-18-20-31-28(22-24)29-23-25(13-5-2)19-21-32(29)33(31,27-15-8-7-9-16-27)30-17-11-10-14-26(30)6-3/h7-13,17-24H,4-6,14-16H2,1-3H3;7-12,16-24H,4-6,13-15H2,1-3H3;7-11,15-24H,4-6,12-14H2,1-3H3;7-11,14-23H,4-6,12-13H2,1-3H3. The topological polar surface area (TPSA) is 0 Å². The Kier molecular flexibility index (Phi) is 30.7. The summed E-state index contributed by atoms with van der Waals surface area (Å²) in [6.45, 7) is 27.6. The number of fused-ring (bicyclic) bond motifs is 12. The van der Waals surface area contributed by atoms with E-state index in [0.29, 0.717) is 0 Å². The highest BCUT2D eigenvalue weighted by atomic mass is 28.3. The molecular formula is C131H142Si4. The van der Waals surface area contributed by atoms with Gasteiger partial charge in [-0.05, 0) is 271 Å². The Morgan fingerprint density at radius 2 is 0.378 bits per heavy atom. The highest BCUT2D eigenvalue weighted by Crippen LogP contribution is 2.40. The van der Waals surface area contributed by atoms with E-state index in [2.05, 4.69) is 447 Å². The molecule has 0 bridgehead atoms. The Morgan fingerprint density at radius 1 is 0.148 bits per heavy atom. The molecule has 16 aromatic rings. The molecule has 0 spiro atoms. The van der Waals surface area contributed by atoms with Gasteiger partial charge in [0.25, 0.3) is 0 Å². The maximum atomic E-state index is 2.57. The van der Waals surface area contributed by atoms with Crippen molar-refractivity contribution in [2.45, 2.75) is 231 Å². The van der Waals surface area contributed by atoms with Crippen molar-refractivity contribution in [3.05, 3.63) is 431 Å². The average molecular weight is 1830 g/mol. The Balaban J connectivity index is 0.000000125. The molecule has 4 aliphatic rings. The molecule has 0 fully saturated rings. The molecule has 0 N–H and O–H groups in total. The van der Waals surface area contributed by atoms with E-state index >= 15 is 0 Å². The Hall–Kier alpha value is -11.6. The van der Waals surface area contributed by atoms with Crippen LogP contribution in [0.25, 0.3) is 44.5 Å². The van der Waals surface area contributed by atoms with Crippen molar-refractivity contribution in [3.63, 3.8) is 0 Å². The number of hydrogen-bond acceptors (Lipinski definition) is 0. The number of aryl methyl sites for hydroxylation is 12. The monoisotopic (exact) mass is 1830 g/mol. The first kappa shape index (κ1) is 95.1. The summed E-state index contributed by atoms with van der Waals surface area (Å²) in [6, 6.07) is 142. The van der Waals surface area contributed by atoms with E-state index in [1.165, 1.54) is 196 Å². The van der Waals surface area contributed by atoms with E-state index in [9.17, 15) is 0 Å². The van der Waals surface area contributed by atoms with Gasteiger partial charge in [-0.1, -0.05) is 518 Å². The fourth-order valence-electron chi connectivity index (χ4n) is 24.6. The molecule has 0 aromatic heterocycles. The zero-order valence-corrected chi connectivity index (χ0v) is 86.9. The van der Waals surface area contributed by atoms with E-state index in [4.69, 9.17) is 0 Å². The van der Waals surface area contributed by atoms with Crippen molar-refractivity contribution in [2.75, 3.05) is 0 Å². The van der Waals surface area contributed by atoms with Gasteiger partial charge in [-0.25, -0.2) is 0 Å². The molecule has 0 amide bonds. The Bertz CT molecular complexity index is 6470. The fourth-order valence-corrected chi connectivity index (χ4v) is 46.4. The lowest BCUT2D eigenvalue weighted by atomic mass is 9.92. The summed E-state index contributed by atoms with van der Waals surface area (Å²) >= 11 is 0. The zero-order valence-electron chi connectivity index (χ0n) is 82.9. The summed E-state index contributed by atoms with van der Waals surface area (Å²) < 4.78 is 0. The first-order valence-corrected chi connectivity index (χ1v) is 60.1. The van der Waals surface area contributed by atoms with Gasteiger partial charge < -0.3 is 0 Å². The van der Waals surface area contributed by atoms with Crippen LogP contribution >= 0.6 is 0 Å². The van der Waals surface area contributed by atoms with Crippen LogP contribution in [0.4, 0.5) is 0 Å². The van der Waals surface area contributed by atoms with Crippen LogP contribution in [0.5, 0.6) is 0 Å². The van der Waals surface area contributed by atoms with Crippen LogP contribution in [0.2, 0.25) is 0 Å². The highest BCUT2D eigenvalue weighted by molar-refractivity contribution is 7.24. The molecule has 682 valence electrons. The molecule has 0 aliphatic carbocycles. The first-order valence-electron chi connectivity index (χ1n) is 52.1. The smallest absolute Gasteiger partial charge is 0.0651 e. The lowest BCUT2D eigenvalue weighted by Crippen LogP contribution is -2.73. The zero-order chi connectivity index (χ0) is 93.5. The molecule has 0 nitrogen and oxygen atoms in total. The predicted octanol–water partition coefficient (Wildman–Crippen LogP) is 23.2. The van der Waals surface area contributed by atoms with Gasteiger partial charge in [-0.2, -0.15) is 0 Å². The second kappa shape index (κ2) is 43.6. The summed E-state index contributed by atoms with van der Waals surface area (Å²) in [7, 11) is -9.60. The minimum atomic E-state index is -2.41. The summed E-state index contributed by atoms with van der Waals surface area (Å²) in [6.07, 6.45) is 26.6. The van der Waals surface area contributed by atoms with Gasteiger partial charge in [-0.15, -0.1) is 0 Å². The molecule has 20 rings (SSSR count). The molecule has 0 saturated carbocycles. The lowest BCUT2D eigenvalue weighted by molar-refractivity contribution is 0.899. The van der Waals surface area contributed by atoms with Crippen LogP contribution in [0.1, 0.15) is 220 Å². The maximum Gasteiger partial charge on any atom is 0.181 e. The Labute approximate surface area is 815 Å². The lowest BCUT2D eigenvalue weighted by Gasteiger charge is -2.33. The van der Waals surface area contributed by atoms with Gasteiger partial charge in [0.2, 0.25) is 0 Å². The molecule has 0 atom stereocenters. The highest BCUT2D eigenvalue weighted by Gasteiger charge is 2.55. The van der Waals surface area contributed by atoms with Crippen LogP contribution in [0.15, 0.2) is 364 Å². The largest absolute Gasteiger partial charge is 0.181 e. The molecule has 0 radical (unpaired) electrons. The van der Waals surface area contributed by atoms with Crippen LogP contribution in [-0.4, -0.2) is 32.3 Å². The summed E-state index contributed by atoms with van der Waals surface area (Å²) in [5.74, 6) is 0. The maximum absolute atomic E-state index is 2.57. The normalized spacial score (nSPS) is 13.5. The molecule has 135 heavy (non-hydrogen) atoms. The van der Waals surface area contributed by atoms with Crippen molar-refractivity contribution in [2.24, 2.45) is 0 Å². The van der Waals surface area contributed by atoms with Gasteiger partial charge in [0.05, 0.1) is 0 Å². The first-order chi connectivity index (χ1) is 66.4. The van der Waals surface area contributed by atoms with Crippen molar-refractivity contribution < 1.29 is 0 Å². The van der Waals surface area contributed by atoms with Crippen LogP contribution in [-0.2, 0) is 77.0 Å². The van der Waals surface area contributed by atoms with Gasteiger partial charge >= 0.3 is 0 Å². The van der Waals surface area contributed by atoms with Crippen LogP contribution in [0, 0.1) is 0 Å². The van der Waals surface area contributed by atoms with Gasteiger partial charge in [0.15, 0.2) is 32.3 Å². The minimum Gasteiger partial charge on any atom is -0.0651 e. The third-order valence-electron chi connectivity index (χ3n) is 29.8. The van der Waals surface area contributed by atoms with Crippen molar-refractivity contribution >= 4 is 115 Å². The third kappa shape index (κ3) is 17.7. The fraction of sp³-hybridized carbons (Fsp3) is 0.267. The molecule has 4 heterocycles. The quantitative estimate of drug-likeness (QED) is 0.0380. The number of hydrogen-bond donors (Lipinski definition) is 0. The van der Waals surface area contributed by atoms with Gasteiger partial charge in [0, 0.05) is 0 Å². The second-order valence-corrected chi connectivity index (χ2v) is 53.5. The van der Waals surface area contributed by atoms with E-state index in [-0.39, 0.29) is 0 Å². The summed E-state index contributed by atoms with van der Waals surface area (Å²) in [5, 5.41) is 24.9. The van der Waals surface area contributed by atoms with Gasteiger partial charge in [0.1, 0.15) is 0 Å². The van der Waals surface area contributed by atoms with Crippen LogP contribution in [0.3, 0.4) is 0 Å². The minimum absolute atomic E-state index is 1.06. The van der Waals surface area contributed by atoms with Crippen molar-refractivity contribution in [1.82, 2.24) is 0 Å². The van der Waals surface area contributed by atoms with Gasteiger partial charge in [-0.3, -0.25) is 0 Å². The van der Waals surface area contributed by atoms with E-state index in [0.717, 1.165) is 77.0 Å². The van der Waals surface area contributed by atoms with Crippen molar-refractivity contribution in [3.8, 4) is 44.5 Å². The Morgan fingerprint density at radius 3 is 0.711 bits per heavy atom. The number of rotatable bonds is 31. The molecule has 4 heteroatoms. The SMILES string of the molecule is CCCc1cc(CCC)c2c(c1)-c1c(CCC)cccc1[Si]2(c1ccccc1)c1ccccc1.CCCc1ccc2c(c1)-c1cc(CCC)cc(CCC)c1[Si]2(c1ccccc1)c1ccccc1.CCCc1ccc2c(c1)-c1cc(CCC)ccc1[Si]2(c1ccccc1)c1ccccc1CC.CCCc1ccc2c(c1)-c1cc(CCC)ccc1[Si]2(c1ccccc1)c1ccccc1CCC. The molecular weight excluding hydrogens is 1690 g/mol. The number of benzene rings is 16. The summed E-state index contributed by atoms with van der Waals surface area (Å²) in [5.41, 5.74) is 30.1. The third-order valence-corrected chi connectivity index (χ3v) is 49.7. The average Bonchev–Trinajstić information content (AvgIpc) is 1.54. The summed E-state index contributed by atoms with van der Waals surface area (Å²) in [4.78, 5) is 0. The molecule has 0 saturated heterocycles. The van der Waals surface area contributed by atoms with E-state index in [1.807, 2.05) is 0 Å². The van der Waals surface area contributed by atoms with Crippen LogP contribution < -0.4 is 83.0 Å². The van der Waals surface area contributed by atoms with E-state index < -0.39 is 32.3 Å². The van der Waals surface area contributed by atoms with E-state index in [1.54, 1.807) is 68.6 Å². The van der Waals surface area contributed by atoms with Crippen molar-refractivity contribution in [1.29, 1.82) is 0 Å². The molecule has 16 aromatic carbocycles. The predicted molar refractivity (Wildman–Crippen MR) is 600 cm³/mol. The molecule has 4 aliphatic heterocycles. The molecule has 0 unspecified atom stereocenters.